The molecule has 142 valence electrons. The van der Waals surface area contributed by atoms with Gasteiger partial charge in [0.05, 0.1) is 0 Å². The molecule has 0 aromatic carbocycles. The molecule has 27 heavy (non-hydrogen) atoms. The topological polar surface area (TPSA) is 134 Å². The monoisotopic (exact) mass is 409 g/mol. The summed E-state index contributed by atoms with van der Waals surface area (Å²) in [6, 6.07) is 3.84. The number of hydrogen-bond donors (Lipinski definition) is 1. The highest BCUT2D eigenvalue weighted by atomic mass is 32.2. The first-order valence-electron chi connectivity index (χ1n) is 7.60. The molecule has 9 nitrogen and oxygen atoms in total. The lowest BCUT2D eigenvalue weighted by atomic mass is 10.1. The molecule has 0 amide bonds. The van der Waals surface area contributed by atoms with Gasteiger partial charge in [-0.25, -0.2) is 23.3 Å². The number of nitrogens with two attached hydrogens (primary N) is 1. The Bertz CT molecular complexity index is 1110. The van der Waals surface area contributed by atoms with Gasteiger partial charge in [-0.1, -0.05) is 0 Å². The maximum absolute atomic E-state index is 12.4. The van der Waals surface area contributed by atoms with Crippen molar-refractivity contribution in [3.8, 4) is 5.13 Å². The van der Waals surface area contributed by atoms with E-state index in [0.29, 0.717) is 11.3 Å². The summed E-state index contributed by atoms with van der Waals surface area (Å²) in [6.07, 6.45) is 1.67. The molecule has 11 heteroatoms. The largest absolute Gasteiger partial charge is 0.451 e. The van der Waals surface area contributed by atoms with Gasteiger partial charge in [0.2, 0.25) is 16.6 Å². The molecule has 3 rings (SSSR count). The Morgan fingerprint density at radius 2 is 2.07 bits per heavy atom. The van der Waals surface area contributed by atoms with Gasteiger partial charge < -0.3 is 9.15 Å². The number of aryl methyl sites for hydroxylation is 1. The Morgan fingerprint density at radius 1 is 1.33 bits per heavy atom. The number of ether oxygens (including phenoxy) is 1. The fourth-order valence-electron chi connectivity index (χ4n) is 2.53. The Kier molecular flexibility index (Phi) is 5.00. The Balaban J connectivity index is 1.72. The summed E-state index contributed by atoms with van der Waals surface area (Å²) in [5.74, 6) is -1.73. The third kappa shape index (κ3) is 3.84. The normalized spacial score (nSPS) is 11.5. The minimum Gasteiger partial charge on any atom is -0.451 e. The van der Waals surface area contributed by atoms with E-state index in [1.54, 1.807) is 19.2 Å². The van der Waals surface area contributed by atoms with Crippen LogP contribution < -0.4 is 5.14 Å². The molecule has 0 fully saturated rings. The van der Waals surface area contributed by atoms with Crippen LogP contribution in [-0.4, -0.2) is 36.3 Å². The fourth-order valence-corrected chi connectivity index (χ4v) is 3.74. The number of esters is 1. The molecule has 2 N–H and O–H groups in total. The lowest BCUT2D eigenvalue weighted by Gasteiger charge is -2.06. The smallest absolute Gasteiger partial charge is 0.374 e. The van der Waals surface area contributed by atoms with Crippen LogP contribution in [0.1, 0.15) is 32.3 Å². The van der Waals surface area contributed by atoms with E-state index in [4.69, 9.17) is 14.3 Å². The average molecular weight is 409 g/mol. The van der Waals surface area contributed by atoms with Gasteiger partial charge in [-0.05, 0) is 32.0 Å². The van der Waals surface area contributed by atoms with Gasteiger partial charge in [0, 0.05) is 28.5 Å². The van der Waals surface area contributed by atoms with Crippen molar-refractivity contribution < 1.29 is 27.2 Å². The molecule has 0 spiro atoms. The molecule has 0 bridgehead atoms. The minimum atomic E-state index is -4.07. The second kappa shape index (κ2) is 7.10. The van der Waals surface area contributed by atoms with Crippen molar-refractivity contribution in [2.75, 3.05) is 6.61 Å². The second-order valence-corrected chi connectivity index (χ2v) is 7.96. The first-order chi connectivity index (χ1) is 12.7. The molecule has 0 unspecified atom stereocenters. The van der Waals surface area contributed by atoms with Gasteiger partial charge in [0.15, 0.2) is 11.7 Å². The molecule has 0 aliphatic rings. The molecular formula is C16H15N3O6S2. The van der Waals surface area contributed by atoms with Gasteiger partial charge in [-0.3, -0.25) is 9.36 Å². The summed E-state index contributed by atoms with van der Waals surface area (Å²) in [4.78, 5) is 28.6. The van der Waals surface area contributed by atoms with Crippen LogP contribution in [0.3, 0.4) is 0 Å². The number of thiazole rings is 1. The first-order valence-corrected chi connectivity index (χ1v) is 10.0. The number of carbonyl (C=O) groups excluding carboxylic acids is 2. The first kappa shape index (κ1) is 19.0. The summed E-state index contributed by atoms with van der Waals surface area (Å²) in [6.45, 7) is 3.09. The molecule has 0 aliphatic heterocycles. The van der Waals surface area contributed by atoms with E-state index in [1.165, 1.54) is 11.3 Å². The van der Waals surface area contributed by atoms with E-state index in [2.05, 4.69) is 4.98 Å². The van der Waals surface area contributed by atoms with Crippen LogP contribution in [0, 0.1) is 13.8 Å². The number of furan rings is 1. The molecular weight excluding hydrogens is 394 g/mol. The van der Waals surface area contributed by atoms with Crippen LogP contribution in [0.5, 0.6) is 0 Å². The number of carbonyl (C=O) groups is 2. The van der Waals surface area contributed by atoms with Gasteiger partial charge in [-0.2, -0.15) is 0 Å². The lowest BCUT2D eigenvalue weighted by Crippen LogP contribution is -2.15. The standard InChI is InChI=1S/C16H15N3O6S2/c1-9-7-11(10(2)19(9)16-18-5-6-26-16)12(20)8-24-15(21)13-3-4-14(25-13)27(17,22)23/h3-7H,8H2,1-2H3,(H2,17,22,23). The number of primary sulfonamides is 1. The molecule has 3 aromatic rings. The summed E-state index contributed by atoms with van der Waals surface area (Å²) in [5, 5.41) is 6.90. The number of ketones is 1. The van der Waals surface area contributed by atoms with Crippen LogP contribution >= 0.6 is 11.3 Å². The predicted octanol–water partition coefficient (Wildman–Crippen LogP) is 1.83. The van der Waals surface area contributed by atoms with Crippen molar-refractivity contribution in [3.05, 3.63) is 52.5 Å². The third-order valence-corrected chi connectivity index (χ3v) is 5.28. The van der Waals surface area contributed by atoms with Crippen LogP contribution in [-0.2, 0) is 14.8 Å². The zero-order chi connectivity index (χ0) is 19.8. The summed E-state index contributed by atoms with van der Waals surface area (Å²) in [7, 11) is -4.07. The SMILES string of the molecule is Cc1cc(C(=O)COC(=O)c2ccc(S(N)(=O)=O)o2)c(C)n1-c1nccs1. The van der Waals surface area contributed by atoms with Gasteiger partial charge >= 0.3 is 5.97 Å². The number of aromatic nitrogens is 2. The maximum Gasteiger partial charge on any atom is 0.374 e. The number of hydrogen-bond acceptors (Lipinski definition) is 8. The van der Waals surface area contributed by atoms with E-state index in [1.807, 2.05) is 16.9 Å². The van der Waals surface area contributed by atoms with Crippen molar-refractivity contribution in [2.24, 2.45) is 5.14 Å². The zero-order valence-corrected chi connectivity index (χ0v) is 16.0. The van der Waals surface area contributed by atoms with Gasteiger partial charge in [-0.15, -0.1) is 11.3 Å². The van der Waals surface area contributed by atoms with E-state index in [0.717, 1.165) is 23.0 Å². The minimum absolute atomic E-state index is 0.361. The molecule has 3 aromatic heterocycles. The van der Waals surface area contributed by atoms with E-state index < -0.39 is 33.5 Å². The van der Waals surface area contributed by atoms with Crippen molar-refractivity contribution in [2.45, 2.75) is 18.9 Å². The summed E-state index contributed by atoms with van der Waals surface area (Å²) >= 11 is 1.43. The van der Waals surface area contributed by atoms with Crippen LogP contribution in [0.25, 0.3) is 5.13 Å². The lowest BCUT2D eigenvalue weighted by molar-refractivity contribution is 0.0438. The van der Waals surface area contributed by atoms with E-state index in [9.17, 15) is 18.0 Å². The predicted molar refractivity (Wildman–Crippen MR) is 95.6 cm³/mol. The van der Waals surface area contributed by atoms with Crippen molar-refractivity contribution >= 4 is 33.1 Å². The molecule has 0 radical (unpaired) electrons. The number of sulfonamides is 1. The number of Topliss-reactive ketones (excluding diaryl/α,β-unsaturated/α-hetero) is 1. The Labute approximate surface area is 158 Å². The number of nitrogens with zero attached hydrogens (tertiary/aromatic N) is 2. The molecule has 3 heterocycles. The van der Waals surface area contributed by atoms with Crippen molar-refractivity contribution in [1.29, 1.82) is 0 Å². The quantitative estimate of drug-likeness (QED) is 0.485. The molecule has 0 saturated carbocycles. The van der Waals surface area contributed by atoms with Gasteiger partial charge in [0.1, 0.15) is 0 Å². The molecule has 0 atom stereocenters. The fraction of sp³-hybridized carbons (Fsp3) is 0.188. The molecule has 0 saturated heterocycles. The maximum atomic E-state index is 12.4. The highest BCUT2D eigenvalue weighted by Gasteiger charge is 2.22. The summed E-state index contributed by atoms with van der Waals surface area (Å²) < 4.78 is 33.9. The van der Waals surface area contributed by atoms with Gasteiger partial charge in [0.25, 0.3) is 10.0 Å². The highest BCUT2D eigenvalue weighted by molar-refractivity contribution is 7.89. The van der Waals surface area contributed by atoms with E-state index >= 15 is 0 Å². The number of rotatable bonds is 6. The third-order valence-electron chi connectivity index (χ3n) is 3.74. The van der Waals surface area contributed by atoms with Crippen LogP contribution in [0.2, 0.25) is 0 Å². The summed E-state index contributed by atoms with van der Waals surface area (Å²) in [5.41, 5.74) is 1.90. The second-order valence-electron chi connectivity index (χ2n) is 5.60. The zero-order valence-electron chi connectivity index (χ0n) is 14.3. The average Bonchev–Trinajstić information content (AvgIpc) is 3.31. The van der Waals surface area contributed by atoms with Crippen molar-refractivity contribution in [3.63, 3.8) is 0 Å². The Morgan fingerprint density at radius 3 is 2.67 bits per heavy atom. The Hall–Kier alpha value is -2.76. The molecule has 0 aliphatic carbocycles. The highest BCUT2D eigenvalue weighted by Crippen LogP contribution is 2.23. The van der Waals surface area contributed by atoms with Crippen LogP contribution in [0.4, 0.5) is 0 Å². The van der Waals surface area contributed by atoms with Crippen LogP contribution in [0.15, 0.2) is 39.3 Å². The van der Waals surface area contributed by atoms with E-state index in [-0.39, 0.29) is 5.76 Å². The van der Waals surface area contributed by atoms with Crippen molar-refractivity contribution in [1.82, 2.24) is 9.55 Å².